The minimum Gasteiger partial charge on any atom is -0.289 e. The fraction of sp³-hybridized carbons (Fsp3) is 0.385. The van der Waals surface area contributed by atoms with Gasteiger partial charge in [0.1, 0.15) is 0 Å². The van der Waals surface area contributed by atoms with E-state index in [1.165, 1.54) is 0 Å². The lowest BCUT2D eigenvalue weighted by atomic mass is 9.78. The van der Waals surface area contributed by atoms with Crippen molar-refractivity contribution in [2.24, 2.45) is 4.99 Å². The van der Waals surface area contributed by atoms with Gasteiger partial charge in [-0.05, 0) is 24.5 Å². The van der Waals surface area contributed by atoms with Gasteiger partial charge >= 0.3 is 0 Å². The van der Waals surface area contributed by atoms with Crippen LogP contribution < -0.4 is 0 Å². The lowest BCUT2D eigenvalue weighted by Crippen LogP contribution is -2.28. The van der Waals surface area contributed by atoms with E-state index in [4.69, 9.17) is 9.37 Å². The van der Waals surface area contributed by atoms with Crippen molar-refractivity contribution in [2.45, 2.75) is 26.1 Å². The van der Waals surface area contributed by atoms with Crippen molar-refractivity contribution in [2.75, 3.05) is 6.54 Å². The average Bonchev–Trinajstić information content (AvgIpc) is 2.26. The van der Waals surface area contributed by atoms with Crippen molar-refractivity contribution in [3.05, 3.63) is 34.9 Å². The van der Waals surface area contributed by atoms with Gasteiger partial charge in [-0.15, -0.1) is 0 Å². The molecule has 0 saturated heterocycles. The molecular formula is C13H14N2. The van der Waals surface area contributed by atoms with Crippen LogP contribution in [0.15, 0.2) is 23.2 Å². The molecule has 0 atom stereocenters. The SMILES string of the molecule is [2H]C([2H])([2H])C1=NCC(C)(C)c2ccc(C#N)cc21. The van der Waals surface area contributed by atoms with E-state index in [2.05, 4.69) is 4.99 Å². The van der Waals surface area contributed by atoms with Crippen LogP contribution in [0.3, 0.4) is 0 Å². The Bertz CT molecular complexity index is 563. The van der Waals surface area contributed by atoms with Crippen molar-refractivity contribution < 1.29 is 4.11 Å². The third kappa shape index (κ3) is 1.55. The van der Waals surface area contributed by atoms with E-state index in [1.54, 1.807) is 12.1 Å². The summed E-state index contributed by atoms with van der Waals surface area (Å²) >= 11 is 0. The maximum atomic E-state index is 8.93. The molecule has 0 radical (unpaired) electrons. The third-order valence-electron chi connectivity index (χ3n) is 2.77. The number of hydrogen-bond donors (Lipinski definition) is 0. The van der Waals surface area contributed by atoms with E-state index in [0.717, 1.165) is 5.56 Å². The molecule has 1 aliphatic rings. The first kappa shape index (κ1) is 6.79. The summed E-state index contributed by atoms with van der Waals surface area (Å²) in [7, 11) is 0. The largest absolute Gasteiger partial charge is 0.289 e. The molecule has 76 valence electrons. The molecule has 2 nitrogen and oxygen atoms in total. The number of benzene rings is 1. The molecule has 1 heterocycles. The van der Waals surface area contributed by atoms with Crippen LogP contribution in [0.5, 0.6) is 0 Å². The molecule has 2 heteroatoms. The van der Waals surface area contributed by atoms with Gasteiger partial charge in [-0.2, -0.15) is 5.26 Å². The second-order valence-corrected chi connectivity index (χ2v) is 4.42. The van der Waals surface area contributed by atoms with Gasteiger partial charge in [-0.3, -0.25) is 4.99 Å². The van der Waals surface area contributed by atoms with Crippen molar-refractivity contribution in [3.8, 4) is 6.07 Å². The second-order valence-electron chi connectivity index (χ2n) is 4.42. The zero-order valence-corrected chi connectivity index (χ0v) is 8.83. The number of fused-ring (bicyclic) bond motifs is 1. The summed E-state index contributed by atoms with van der Waals surface area (Å²) in [5, 5.41) is 8.93. The molecule has 2 rings (SSSR count). The number of aliphatic imine (C=N–C) groups is 1. The van der Waals surface area contributed by atoms with Crippen LogP contribution in [0.25, 0.3) is 0 Å². The van der Waals surface area contributed by atoms with Crippen LogP contribution in [0.1, 0.15) is 41.5 Å². The first-order chi connectivity index (χ1) is 8.25. The molecule has 1 aromatic rings. The molecule has 0 aliphatic carbocycles. The Morgan fingerprint density at radius 3 is 3.00 bits per heavy atom. The van der Waals surface area contributed by atoms with Crippen molar-refractivity contribution >= 4 is 5.71 Å². The lowest BCUT2D eigenvalue weighted by molar-refractivity contribution is 0.532. The molecule has 0 saturated carbocycles. The number of nitriles is 1. The summed E-state index contributed by atoms with van der Waals surface area (Å²) in [5.74, 6) is 0. The van der Waals surface area contributed by atoms with Gasteiger partial charge in [-0.25, -0.2) is 0 Å². The predicted octanol–water partition coefficient (Wildman–Crippen LogP) is 2.66. The number of hydrogen-bond acceptors (Lipinski definition) is 2. The highest BCUT2D eigenvalue weighted by atomic mass is 14.8. The summed E-state index contributed by atoms with van der Waals surface area (Å²) < 4.78 is 22.6. The normalized spacial score (nSPS) is 21.4. The van der Waals surface area contributed by atoms with Gasteiger partial charge in [0.2, 0.25) is 0 Å². The molecular weight excluding hydrogens is 184 g/mol. The lowest BCUT2D eigenvalue weighted by Gasteiger charge is -2.30. The summed E-state index contributed by atoms with van der Waals surface area (Å²) in [6.45, 7) is 2.27. The third-order valence-corrected chi connectivity index (χ3v) is 2.77. The minimum absolute atomic E-state index is 0.119. The van der Waals surface area contributed by atoms with E-state index in [-0.39, 0.29) is 11.1 Å². The van der Waals surface area contributed by atoms with Crippen LogP contribution in [0.4, 0.5) is 0 Å². The van der Waals surface area contributed by atoms with E-state index >= 15 is 0 Å². The van der Waals surface area contributed by atoms with E-state index in [0.29, 0.717) is 17.7 Å². The Morgan fingerprint density at radius 2 is 2.33 bits per heavy atom. The Morgan fingerprint density at radius 1 is 1.53 bits per heavy atom. The van der Waals surface area contributed by atoms with E-state index < -0.39 is 6.85 Å². The highest BCUT2D eigenvalue weighted by Crippen LogP contribution is 2.31. The summed E-state index contributed by atoms with van der Waals surface area (Å²) in [5.41, 5.74) is 1.92. The van der Waals surface area contributed by atoms with Crippen LogP contribution in [-0.2, 0) is 5.41 Å². The van der Waals surface area contributed by atoms with Crippen LogP contribution in [0, 0.1) is 11.3 Å². The van der Waals surface area contributed by atoms with E-state index in [1.807, 2.05) is 26.0 Å². The molecule has 0 unspecified atom stereocenters. The quantitative estimate of drug-likeness (QED) is 0.635. The zero-order chi connectivity index (χ0) is 13.6. The second kappa shape index (κ2) is 3.20. The summed E-state index contributed by atoms with van der Waals surface area (Å²) in [6.07, 6.45) is 0. The van der Waals surface area contributed by atoms with Crippen LogP contribution in [0.2, 0.25) is 0 Å². The molecule has 0 amide bonds. The maximum absolute atomic E-state index is 8.93. The number of rotatable bonds is 0. The van der Waals surface area contributed by atoms with Gasteiger partial charge in [0.25, 0.3) is 0 Å². The van der Waals surface area contributed by atoms with Gasteiger partial charge in [0, 0.05) is 27.3 Å². The molecule has 0 fully saturated rings. The Hall–Kier alpha value is -1.62. The van der Waals surface area contributed by atoms with Gasteiger partial charge in [0.15, 0.2) is 0 Å². The maximum Gasteiger partial charge on any atom is 0.0991 e. The van der Waals surface area contributed by atoms with Gasteiger partial charge in [0.05, 0.1) is 11.6 Å². The van der Waals surface area contributed by atoms with Crippen molar-refractivity contribution in [1.29, 1.82) is 5.26 Å². The fourth-order valence-corrected chi connectivity index (χ4v) is 1.85. The van der Waals surface area contributed by atoms with E-state index in [9.17, 15) is 0 Å². The van der Waals surface area contributed by atoms with Crippen molar-refractivity contribution in [3.63, 3.8) is 0 Å². The minimum atomic E-state index is -2.24. The standard InChI is InChI=1S/C13H14N2/c1-9-11-6-10(7-14)4-5-12(11)13(2,3)8-15-9/h4-6H,8H2,1-3H3/i1D3. The Kier molecular flexibility index (Phi) is 1.45. The first-order valence-electron chi connectivity index (χ1n) is 6.36. The molecule has 0 N–H and O–H groups in total. The van der Waals surface area contributed by atoms with Gasteiger partial charge in [-0.1, -0.05) is 19.9 Å². The Labute approximate surface area is 94.5 Å². The predicted molar refractivity (Wildman–Crippen MR) is 61.3 cm³/mol. The molecule has 15 heavy (non-hydrogen) atoms. The molecule has 0 aromatic heterocycles. The monoisotopic (exact) mass is 201 g/mol. The molecule has 1 aromatic carbocycles. The van der Waals surface area contributed by atoms with Crippen molar-refractivity contribution in [1.82, 2.24) is 0 Å². The molecule has 0 bridgehead atoms. The first-order valence-corrected chi connectivity index (χ1v) is 4.86. The number of nitrogens with zero attached hydrogens (tertiary/aromatic N) is 2. The highest BCUT2D eigenvalue weighted by molar-refractivity contribution is 6.01. The van der Waals surface area contributed by atoms with Gasteiger partial charge < -0.3 is 0 Å². The fourth-order valence-electron chi connectivity index (χ4n) is 1.85. The van der Waals surface area contributed by atoms with Crippen LogP contribution in [-0.4, -0.2) is 12.3 Å². The summed E-state index contributed by atoms with van der Waals surface area (Å²) in [4.78, 5) is 4.21. The molecule has 1 aliphatic heterocycles. The van der Waals surface area contributed by atoms with Crippen LogP contribution >= 0.6 is 0 Å². The zero-order valence-electron chi connectivity index (χ0n) is 11.8. The Balaban J connectivity index is 2.68. The topological polar surface area (TPSA) is 36.1 Å². The smallest absolute Gasteiger partial charge is 0.0991 e. The highest BCUT2D eigenvalue weighted by Gasteiger charge is 2.27. The average molecular weight is 201 g/mol. The molecule has 0 spiro atoms. The summed E-state index contributed by atoms with van der Waals surface area (Å²) in [6, 6.07) is 7.23.